The third-order valence-electron chi connectivity index (χ3n) is 4.37. The van der Waals surface area contributed by atoms with Gasteiger partial charge >= 0.3 is 6.18 Å². The van der Waals surface area contributed by atoms with Crippen LogP contribution >= 0.6 is 0 Å². The maximum absolute atomic E-state index is 13.8. The highest BCUT2D eigenvalue weighted by Crippen LogP contribution is 2.34. The molecular weight excluding hydrogens is 433 g/mol. The molecule has 5 nitrogen and oxygen atoms in total. The van der Waals surface area contributed by atoms with Crippen LogP contribution in [-0.4, -0.2) is 22.3 Å². The SMILES string of the molecule is CC(C)COc1ccc(C(F)(F)F)c(Cn2ccc(NC(=O)c3c(F)cccc3F)n2)c1. The first-order valence-electron chi connectivity index (χ1n) is 9.66. The lowest BCUT2D eigenvalue weighted by molar-refractivity contribution is -0.138. The zero-order valence-electron chi connectivity index (χ0n) is 17.2. The van der Waals surface area contributed by atoms with Crippen LogP contribution in [0.2, 0.25) is 0 Å². The van der Waals surface area contributed by atoms with Gasteiger partial charge < -0.3 is 10.1 Å². The van der Waals surface area contributed by atoms with Gasteiger partial charge in [0.15, 0.2) is 5.82 Å². The molecule has 0 saturated carbocycles. The molecule has 0 spiro atoms. The van der Waals surface area contributed by atoms with Gasteiger partial charge in [0, 0.05) is 12.3 Å². The molecule has 1 heterocycles. The molecule has 0 unspecified atom stereocenters. The first kappa shape index (κ1) is 23.2. The summed E-state index contributed by atoms with van der Waals surface area (Å²) < 4.78 is 74.5. The second-order valence-corrected chi connectivity index (χ2v) is 7.47. The van der Waals surface area contributed by atoms with Crippen molar-refractivity contribution in [2.75, 3.05) is 11.9 Å². The Morgan fingerprint density at radius 1 is 1.12 bits per heavy atom. The maximum Gasteiger partial charge on any atom is 0.416 e. The molecule has 0 saturated heterocycles. The van der Waals surface area contributed by atoms with Gasteiger partial charge in [-0.1, -0.05) is 19.9 Å². The zero-order valence-corrected chi connectivity index (χ0v) is 17.2. The highest BCUT2D eigenvalue weighted by Gasteiger charge is 2.33. The molecule has 1 amide bonds. The van der Waals surface area contributed by atoms with Crippen molar-refractivity contribution in [3.63, 3.8) is 0 Å². The Bertz CT molecular complexity index is 1090. The number of hydrogen-bond donors (Lipinski definition) is 1. The van der Waals surface area contributed by atoms with Gasteiger partial charge in [0.1, 0.15) is 22.9 Å². The van der Waals surface area contributed by atoms with Gasteiger partial charge in [0.2, 0.25) is 0 Å². The highest BCUT2D eigenvalue weighted by atomic mass is 19.4. The molecule has 0 aliphatic carbocycles. The quantitative estimate of drug-likeness (QED) is 0.480. The molecule has 1 aromatic heterocycles. The molecule has 1 N–H and O–H groups in total. The van der Waals surface area contributed by atoms with Gasteiger partial charge in [-0.15, -0.1) is 0 Å². The number of amides is 1. The standard InChI is InChI=1S/C22H20F5N3O2/c1-13(2)12-32-15-6-7-16(22(25,26)27)14(10-15)11-30-9-8-19(29-30)28-21(31)20-17(23)4-3-5-18(20)24/h3-10,13H,11-12H2,1-2H3,(H,28,29,31). The van der Waals surface area contributed by atoms with Crippen LogP contribution in [0.25, 0.3) is 0 Å². The fraction of sp³-hybridized carbons (Fsp3) is 0.273. The van der Waals surface area contributed by atoms with Gasteiger partial charge in [-0.2, -0.15) is 18.3 Å². The monoisotopic (exact) mass is 453 g/mol. The Labute approximate surface area is 180 Å². The second kappa shape index (κ2) is 9.37. The minimum atomic E-state index is -4.58. The number of hydrogen-bond acceptors (Lipinski definition) is 3. The van der Waals surface area contributed by atoms with E-state index >= 15 is 0 Å². The Morgan fingerprint density at radius 2 is 1.81 bits per heavy atom. The average molecular weight is 453 g/mol. The van der Waals surface area contributed by atoms with Crippen LogP contribution in [0.5, 0.6) is 5.75 Å². The van der Waals surface area contributed by atoms with E-state index in [2.05, 4.69) is 10.4 Å². The molecule has 32 heavy (non-hydrogen) atoms. The van der Waals surface area contributed by atoms with Crippen LogP contribution in [-0.2, 0) is 12.7 Å². The van der Waals surface area contributed by atoms with E-state index in [1.54, 1.807) is 0 Å². The lowest BCUT2D eigenvalue weighted by Gasteiger charge is -2.16. The summed E-state index contributed by atoms with van der Waals surface area (Å²) >= 11 is 0. The van der Waals surface area contributed by atoms with Crippen molar-refractivity contribution < 1.29 is 31.5 Å². The van der Waals surface area contributed by atoms with Crippen molar-refractivity contribution >= 4 is 11.7 Å². The molecule has 0 aliphatic rings. The topological polar surface area (TPSA) is 56.1 Å². The minimum absolute atomic E-state index is 0.0709. The van der Waals surface area contributed by atoms with Gasteiger partial charge in [0.05, 0.1) is 18.7 Å². The van der Waals surface area contributed by atoms with E-state index in [1.165, 1.54) is 29.1 Å². The number of ether oxygens (including phenoxy) is 1. The largest absolute Gasteiger partial charge is 0.493 e. The predicted molar refractivity (Wildman–Crippen MR) is 107 cm³/mol. The number of carbonyl (C=O) groups excluding carboxylic acids is 1. The van der Waals surface area contributed by atoms with E-state index in [0.29, 0.717) is 6.61 Å². The molecule has 0 atom stereocenters. The summed E-state index contributed by atoms with van der Waals surface area (Å²) in [5.74, 6) is -2.75. The van der Waals surface area contributed by atoms with Gasteiger partial charge in [-0.25, -0.2) is 8.78 Å². The Morgan fingerprint density at radius 3 is 2.44 bits per heavy atom. The average Bonchev–Trinajstić information content (AvgIpc) is 3.12. The lowest BCUT2D eigenvalue weighted by Crippen LogP contribution is -2.17. The number of aromatic nitrogens is 2. The molecule has 0 aliphatic heterocycles. The maximum atomic E-state index is 13.8. The Balaban J connectivity index is 1.80. The van der Waals surface area contributed by atoms with E-state index in [1.807, 2.05) is 13.8 Å². The van der Waals surface area contributed by atoms with E-state index < -0.39 is 34.8 Å². The van der Waals surface area contributed by atoms with Gasteiger partial charge in [-0.3, -0.25) is 9.48 Å². The van der Waals surface area contributed by atoms with E-state index in [9.17, 15) is 26.7 Å². The summed E-state index contributed by atoms with van der Waals surface area (Å²) in [5, 5.41) is 6.23. The fourth-order valence-electron chi connectivity index (χ4n) is 2.91. The zero-order chi connectivity index (χ0) is 23.5. The number of anilines is 1. The normalized spacial score (nSPS) is 11.6. The van der Waals surface area contributed by atoms with Gasteiger partial charge in [-0.05, 0) is 41.8 Å². The van der Waals surface area contributed by atoms with E-state index in [4.69, 9.17) is 4.74 Å². The van der Waals surface area contributed by atoms with Crippen molar-refractivity contribution in [3.05, 3.63) is 77.0 Å². The van der Waals surface area contributed by atoms with Crippen LogP contribution in [0.1, 0.15) is 35.3 Å². The minimum Gasteiger partial charge on any atom is -0.493 e. The number of halogens is 5. The number of carbonyl (C=O) groups is 1. The number of alkyl halides is 3. The summed E-state index contributed by atoms with van der Waals surface area (Å²) in [6, 6.07) is 7.79. The molecule has 170 valence electrons. The number of benzene rings is 2. The second-order valence-electron chi connectivity index (χ2n) is 7.47. The molecule has 2 aromatic carbocycles. The summed E-state index contributed by atoms with van der Waals surface area (Å²) in [5.41, 5.74) is -1.71. The fourth-order valence-corrected chi connectivity index (χ4v) is 2.91. The molecule has 3 rings (SSSR count). The number of rotatable bonds is 7. The van der Waals surface area contributed by atoms with Crippen molar-refractivity contribution in [2.24, 2.45) is 5.92 Å². The van der Waals surface area contributed by atoms with E-state index in [0.717, 1.165) is 24.3 Å². The first-order chi connectivity index (χ1) is 15.0. The van der Waals surface area contributed by atoms with Crippen LogP contribution in [0.3, 0.4) is 0 Å². The Hall–Kier alpha value is -3.43. The predicted octanol–water partition coefficient (Wildman–Crippen LogP) is 5.52. The van der Waals surface area contributed by atoms with Crippen LogP contribution in [0, 0.1) is 17.6 Å². The van der Waals surface area contributed by atoms with Crippen molar-refractivity contribution in [1.82, 2.24) is 9.78 Å². The van der Waals surface area contributed by atoms with Crippen LogP contribution in [0.15, 0.2) is 48.7 Å². The lowest BCUT2D eigenvalue weighted by atomic mass is 10.1. The first-order valence-corrected chi connectivity index (χ1v) is 9.66. The van der Waals surface area contributed by atoms with Crippen molar-refractivity contribution in [2.45, 2.75) is 26.6 Å². The van der Waals surface area contributed by atoms with Crippen LogP contribution < -0.4 is 10.1 Å². The molecule has 10 heteroatoms. The third kappa shape index (κ3) is 5.63. The molecule has 0 fully saturated rings. The summed E-state index contributed by atoms with van der Waals surface area (Å²) in [4.78, 5) is 12.2. The molecule has 3 aromatic rings. The summed E-state index contributed by atoms with van der Waals surface area (Å²) in [6.07, 6.45) is -3.24. The number of nitrogens with zero attached hydrogens (tertiary/aromatic N) is 2. The van der Waals surface area contributed by atoms with Crippen molar-refractivity contribution in [1.29, 1.82) is 0 Å². The van der Waals surface area contributed by atoms with Crippen molar-refractivity contribution in [3.8, 4) is 5.75 Å². The summed E-state index contributed by atoms with van der Waals surface area (Å²) in [7, 11) is 0. The smallest absolute Gasteiger partial charge is 0.416 e. The van der Waals surface area contributed by atoms with Crippen LogP contribution in [0.4, 0.5) is 27.8 Å². The summed E-state index contributed by atoms with van der Waals surface area (Å²) in [6.45, 7) is 3.91. The van der Waals surface area contributed by atoms with Gasteiger partial charge in [0.25, 0.3) is 5.91 Å². The third-order valence-corrected chi connectivity index (χ3v) is 4.37. The van der Waals surface area contributed by atoms with E-state index in [-0.39, 0.29) is 29.6 Å². The number of nitrogens with one attached hydrogen (secondary N) is 1. The Kier molecular flexibility index (Phi) is 6.81. The molecular formula is C22H20F5N3O2. The molecule has 0 bridgehead atoms. The highest BCUT2D eigenvalue weighted by molar-refractivity contribution is 6.04. The molecule has 0 radical (unpaired) electrons.